The molecule has 1 fully saturated rings. The summed E-state index contributed by atoms with van der Waals surface area (Å²) in [6.45, 7) is 8.51. The number of aromatic nitrogens is 2. The Morgan fingerprint density at radius 2 is 1.95 bits per heavy atom. The fourth-order valence-corrected chi connectivity index (χ4v) is 5.87. The highest BCUT2D eigenvalue weighted by Crippen LogP contribution is 2.40. The molecule has 1 aliphatic heterocycles. The van der Waals surface area contributed by atoms with E-state index in [0.29, 0.717) is 61.9 Å². The van der Waals surface area contributed by atoms with Crippen molar-refractivity contribution in [2.24, 2.45) is 11.3 Å². The Morgan fingerprint density at radius 3 is 2.73 bits per heavy atom. The van der Waals surface area contributed by atoms with Crippen LogP contribution in [-0.4, -0.2) is 46.5 Å². The molecule has 6 rings (SSSR count). The lowest BCUT2D eigenvalue weighted by atomic mass is 9.90. The summed E-state index contributed by atoms with van der Waals surface area (Å²) in [5.74, 6) is -0.0253. The van der Waals surface area contributed by atoms with Crippen LogP contribution in [0.1, 0.15) is 49.1 Å². The van der Waals surface area contributed by atoms with E-state index in [2.05, 4.69) is 15.2 Å². The Balaban J connectivity index is 1.32. The van der Waals surface area contributed by atoms with E-state index in [4.69, 9.17) is 9.15 Å². The summed E-state index contributed by atoms with van der Waals surface area (Å²) in [4.78, 5) is 48.5. The van der Waals surface area contributed by atoms with Crippen LogP contribution < -0.4 is 15.8 Å². The summed E-state index contributed by atoms with van der Waals surface area (Å²) < 4.78 is 12.7. The standard InChI is InChI=1S/C34H39N5O5/c1-22-17-38(31(40)26-11-15-44-30(22)26)14-13-37(20-25-6-5-12-35-28(25)21-43-4)18-24-9-10-27-29(16-24)39(19-23-7-8-23)33(42)34(2,3)32(41)36-27/h5-6,9-12,15-17,23H,7-8,13-14,18-21H2,1-4H3,(H,36,41). The van der Waals surface area contributed by atoms with Crippen LogP contribution >= 0.6 is 0 Å². The Hall–Kier alpha value is -4.28. The van der Waals surface area contributed by atoms with Crippen molar-refractivity contribution in [3.8, 4) is 0 Å². The number of nitrogens with zero attached hydrogens (tertiary/aromatic N) is 4. The zero-order valence-corrected chi connectivity index (χ0v) is 25.8. The van der Waals surface area contributed by atoms with Crippen molar-refractivity contribution in [1.82, 2.24) is 14.5 Å². The molecule has 2 amide bonds. The Morgan fingerprint density at radius 1 is 1.14 bits per heavy atom. The molecule has 1 aliphatic carbocycles. The predicted molar refractivity (Wildman–Crippen MR) is 168 cm³/mol. The van der Waals surface area contributed by atoms with Crippen LogP contribution in [0.3, 0.4) is 0 Å². The summed E-state index contributed by atoms with van der Waals surface area (Å²) in [6.07, 6.45) is 7.34. The van der Waals surface area contributed by atoms with Gasteiger partial charge in [-0.05, 0) is 74.9 Å². The van der Waals surface area contributed by atoms with E-state index in [1.54, 1.807) is 49.0 Å². The van der Waals surface area contributed by atoms with Gasteiger partial charge >= 0.3 is 0 Å². The van der Waals surface area contributed by atoms with Gasteiger partial charge in [-0.2, -0.15) is 0 Å². The highest BCUT2D eigenvalue weighted by atomic mass is 16.5. The van der Waals surface area contributed by atoms with E-state index in [1.807, 2.05) is 43.5 Å². The molecule has 0 bridgehead atoms. The van der Waals surface area contributed by atoms with Gasteiger partial charge in [-0.25, -0.2) is 0 Å². The minimum absolute atomic E-state index is 0.0848. The number of benzene rings is 1. The fourth-order valence-electron chi connectivity index (χ4n) is 5.87. The number of pyridine rings is 2. The number of hydrogen-bond acceptors (Lipinski definition) is 7. The molecular weight excluding hydrogens is 558 g/mol. The number of rotatable bonds is 11. The Labute approximate surface area is 256 Å². The number of hydrogen-bond donors (Lipinski definition) is 1. The monoisotopic (exact) mass is 597 g/mol. The van der Waals surface area contributed by atoms with Crippen molar-refractivity contribution < 1.29 is 18.7 Å². The molecule has 1 saturated carbocycles. The van der Waals surface area contributed by atoms with E-state index in [9.17, 15) is 14.4 Å². The Bertz CT molecular complexity index is 1770. The van der Waals surface area contributed by atoms with E-state index >= 15 is 0 Å². The van der Waals surface area contributed by atoms with Crippen LogP contribution in [0.15, 0.2) is 64.3 Å². The van der Waals surface area contributed by atoms with Crippen LogP contribution in [0.2, 0.25) is 0 Å². The molecule has 10 nitrogen and oxygen atoms in total. The normalized spacial score (nSPS) is 16.3. The lowest BCUT2D eigenvalue weighted by Crippen LogP contribution is -2.45. The lowest BCUT2D eigenvalue weighted by molar-refractivity contribution is -0.136. The number of nitrogens with one attached hydrogen (secondary N) is 1. The van der Waals surface area contributed by atoms with Crippen molar-refractivity contribution in [3.63, 3.8) is 0 Å². The third-order valence-electron chi connectivity index (χ3n) is 8.67. The molecule has 2 aliphatic rings. The molecule has 230 valence electrons. The van der Waals surface area contributed by atoms with Gasteiger partial charge in [0, 0.05) is 57.8 Å². The van der Waals surface area contributed by atoms with Gasteiger partial charge in [0.15, 0.2) is 0 Å². The zero-order chi connectivity index (χ0) is 31.0. The first-order valence-electron chi connectivity index (χ1n) is 15.1. The highest BCUT2D eigenvalue weighted by Gasteiger charge is 2.44. The van der Waals surface area contributed by atoms with Gasteiger partial charge in [-0.1, -0.05) is 12.1 Å². The molecule has 4 aromatic rings. The molecule has 4 heterocycles. The molecule has 0 unspecified atom stereocenters. The number of anilines is 2. The quantitative estimate of drug-likeness (QED) is 0.246. The third kappa shape index (κ3) is 5.92. The van der Waals surface area contributed by atoms with Gasteiger partial charge in [-0.15, -0.1) is 0 Å². The number of furan rings is 1. The summed E-state index contributed by atoms with van der Waals surface area (Å²) in [5, 5.41) is 3.57. The number of ether oxygens (including phenoxy) is 1. The molecular formula is C34H39N5O5. The van der Waals surface area contributed by atoms with Gasteiger partial charge in [0.05, 0.1) is 35.3 Å². The van der Waals surface area contributed by atoms with Crippen molar-refractivity contribution in [2.75, 3.05) is 30.4 Å². The Kier molecular flexibility index (Phi) is 8.13. The van der Waals surface area contributed by atoms with Crippen LogP contribution in [0.4, 0.5) is 11.4 Å². The summed E-state index contributed by atoms with van der Waals surface area (Å²) in [7, 11) is 1.65. The maximum Gasteiger partial charge on any atom is 0.261 e. The first kappa shape index (κ1) is 29.8. The first-order valence-corrected chi connectivity index (χ1v) is 15.1. The third-order valence-corrected chi connectivity index (χ3v) is 8.67. The maximum atomic E-state index is 13.7. The largest absolute Gasteiger partial charge is 0.464 e. The molecule has 3 aromatic heterocycles. The van der Waals surface area contributed by atoms with E-state index < -0.39 is 5.41 Å². The summed E-state index contributed by atoms with van der Waals surface area (Å²) >= 11 is 0. The van der Waals surface area contributed by atoms with Crippen molar-refractivity contribution >= 4 is 34.2 Å². The van der Waals surface area contributed by atoms with Gasteiger partial charge in [0.1, 0.15) is 11.0 Å². The van der Waals surface area contributed by atoms with Gasteiger partial charge in [0.25, 0.3) is 5.56 Å². The van der Waals surface area contributed by atoms with Gasteiger partial charge in [-0.3, -0.25) is 24.3 Å². The van der Waals surface area contributed by atoms with E-state index in [1.165, 1.54) is 0 Å². The smallest absolute Gasteiger partial charge is 0.261 e. The number of fused-ring (bicyclic) bond motifs is 2. The second-order valence-electron chi connectivity index (χ2n) is 12.5. The zero-order valence-electron chi connectivity index (χ0n) is 25.8. The van der Waals surface area contributed by atoms with E-state index in [0.717, 1.165) is 40.9 Å². The lowest BCUT2D eigenvalue weighted by Gasteiger charge is -2.29. The molecule has 1 N–H and O–H groups in total. The second-order valence-corrected chi connectivity index (χ2v) is 12.5. The summed E-state index contributed by atoms with van der Waals surface area (Å²) in [5.41, 5.74) is 4.55. The van der Waals surface area contributed by atoms with Gasteiger partial charge in [0.2, 0.25) is 11.8 Å². The molecule has 0 saturated heterocycles. The average molecular weight is 598 g/mol. The van der Waals surface area contributed by atoms with E-state index in [-0.39, 0.29) is 17.4 Å². The minimum Gasteiger partial charge on any atom is -0.464 e. The minimum atomic E-state index is -1.17. The fraction of sp³-hybridized carbons (Fsp3) is 0.412. The first-order chi connectivity index (χ1) is 21.2. The predicted octanol–water partition coefficient (Wildman–Crippen LogP) is 4.87. The molecule has 10 heteroatoms. The average Bonchev–Trinajstić information content (AvgIpc) is 3.70. The molecule has 0 spiro atoms. The van der Waals surface area contributed by atoms with Crippen molar-refractivity contribution in [1.29, 1.82) is 0 Å². The van der Waals surface area contributed by atoms with Crippen molar-refractivity contribution in [3.05, 3.63) is 87.8 Å². The second kappa shape index (κ2) is 12.0. The van der Waals surface area contributed by atoms with Gasteiger partial charge < -0.3 is 23.9 Å². The number of methoxy groups -OCH3 is 1. The van der Waals surface area contributed by atoms with Crippen molar-refractivity contribution in [2.45, 2.75) is 59.9 Å². The van der Waals surface area contributed by atoms with Crippen LogP contribution in [-0.2, 0) is 40.6 Å². The number of carbonyl (C=O) groups is 2. The maximum absolute atomic E-state index is 13.7. The topological polar surface area (TPSA) is 110 Å². The molecule has 0 radical (unpaired) electrons. The number of amides is 2. The van der Waals surface area contributed by atoms with Crippen LogP contribution in [0, 0.1) is 18.3 Å². The number of aryl methyl sites for hydroxylation is 1. The number of carbonyl (C=O) groups excluding carboxylic acids is 2. The molecule has 0 atom stereocenters. The van der Waals surface area contributed by atoms with Crippen LogP contribution in [0.25, 0.3) is 11.0 Å². The summed E-state index contributed by atoms with van der Waals surface area (Å²) in [6, 6.07) is 11.6. The SMILES string of the molecule is COCc1ncccc1CN(CCn1cc(C)c2occc2c1=O)Cc1ccc2c(c1)N(CC1CC1)C(=O)C(C)(C)C(=O)N2. The van der Waals surface area contributed by atoms with Crippen LogP contribution in [0.5, 0.6) is 0 Å². The highest BCUT2D eigenvalue weighted by molar-refractivity contribution is 6.19. The molecule has 1 aromatic carbocycles. The molecule has 44 heavy (non-hydrogen) atoms.